The van der Waals surface area contributed by atoms with E-state index >= 15 is 0 Å². The zero-order valence-electron chi connectivity index (χ0n) is 13.2. The predicted octanol–water partition coefficient (Wildman–Crippen LogP) is 4.63. The highest BCUT2D eigenvalue weighted by molar-refractivity contribution is 6.32. The number of ether oxygens (including phenoxy) is 2. The molecule has 136 valence electrons. The van der Waals surface area contributed by atoms with E-state index in [9.17, 15) is 18.0 Å². The lowest BCUT2D eigenvalue weighted by Gasteiger charge is -2.27. The number of fused-ring (bicyclic) bond motifs is 1. The van der Waals surface area contributed by atoms with E-state index in [1.807, 2.05) is 0 Å². The average molecular weight is 386 g/mol. The number of carboxylic acids is 1. The Morgan fingerprint density at radius 3 is 2.69 bits per heavy atom. The third-order valence-electron chi connectivity index (χ3n) is 3.63. The molecule has 1 unspecified atom stereocenters. The summed E-state index contributed by atoms with van der Waals surface area (Å²) in [5.74, 6) is -1.47. The Morgan fingerprint density at radius 1 is 1.35 bits per heavy atom. The molecule has 0 radical (unpaired) electrons. The Hall–Kier alpha value is -2.74. The number of hydrogen-bond acceptors (Lipinski definition) is 4. The molecule has 1 aromatic carbocycles. The standard InChI is InChI=1S/C17H11ClF3NO4/c1-8-12(3-2-4-22-8)25-14-7-13-9(6-11(14)18)5-10(16(23)24)15(26-13)17(19,20)21/h2-7,15H,1H3,(H,23,24). The van der Waals surface area contributed by atoms with E-state index < -0.39 is 23.8 Å². The molecule has 0 bridgehead atoms. The highest BCUT2D eigenvalue weighted by atomic mass is 35.5. The maximum Gasteiger partial charge on any atom is 0.430 e. The van der Waals surface area contributed by atoms with Gasteiger partial charge in [-0.25, -0.2) is 4.79 Å². The van der Waals surface area contributed by atoms with Crippen LogP contribution < -0.4 is 9.47 Å². The van der Waals surface area contributed by atoms with Crippen molar-refractivity contribution >= 4 is 23.6 Å². The van der Waals surface area contributed by atoms with Gasteiger partial charge in [-0.3, -0.25) is 4.98 Å². The van der Waals surface area contributed by atoms with Crippen LogP contribution in [0.2, 0.25) is 5.02 Å². The molecule has 9 heteroatoms. The van der Waals surface area contributed by atoms with Gasteiger partial charge in [-0.1, -0.05) is 11.6 Å². The SMILES string of the molecule is Cc1ncccc1Oc1cc2c(cc1Cl)C=C(C(=O)O)C(C(F)(F)F)O2. The molecule has 26 heavy (non-hydrogen) atoms. The number of aromatic nitrogens is 1. The van der Waals surface area contributed by atoms with Crippen molar-refractivity contribution in [1.29, 1.82) is 0 Å². The number of carbonyl (C=O) groups is 1. The van der Waals surface area contributed by atoms with E-state index in [1.165, 1.54) is 12.1 Å². The highest BCUT2D eigenvalue weighted by Crippen LogP contribution is 2.42. The molecule has 0 amide bonds. The zero-order valence-corrected chi connectivity index (χ0v) is 13.9. The normalized spacial score (nSPS) is 16.3. The monoisotopic (exact) mass is 385 g/mol. The van der Waals surface area contributed by atoms with Crippen LogP contribution in [0.3, 0.4) is 0 Å². The van der Waals surface area contributed by atoms with Gasteiger partial charge >= 0.3 is 12.1 Å². The third kappa shape index (κ3) is 3.45. The topological polar surface area (TPSA) is 68.7 Å². The molecular formula is C17H11ClF3NO4. The van der Waals surface area contributed by atoms with E-state index in [4.69, 9.17) is 26.2 Å². The smallest absolute Gasteiger partial charge is 0.430 e. The number of aryl methyl sites for hydroxylation is 1. The molecule has 1 N–H and O–H groups in total. The van der Waals surface area contributed by atoms with Crippen LogP contribution in [0.15, 0.2) is 36.0 Å². The summed E-state index contributed by atoms with van der Waals surface area (Å²) in [7, 11) is 0. The molecule has 0 aliphatic carbocycles. The van der Waals surface area contributed by atoms with E-state index in [1.54, 1.807) is 25.3 Å². The fraction of sp³-hybridized carbons (Fsp3) is 0.176. The van der Waals surface area contributed by atoms with Crippen LogP contribution in [-0.2, 0) is 4.79 Å². The summed E-state index contributed by atoms with van der Waals surface area (Å²) in [6.07, 6.45) is -5.01. The fourth-order valence-electron chi connectivity index (χ4n) is 2.39. The number of benzene rings is 1. The molecule has 0 saturated heterocycles. The van der Waals surface area contributed by atoms with E-state index in [-0.39, 0.29) is 22.1 Å². The van der Waals surface area contributed by atoms with Gasteiger partial charge in [0.05, 0.1) is 16.3 Å². The van der Waals surface area contributed by atoms with Gasteiger partial charge < -0.3 is 14.6 Å². The Balaban J connectivity index is 2.03. The molecule has 1 atom stereocenters. The van der Waals surface area contributed by atoms with Crippen LogP contribution in [0.4, 0.5) is 13.2 Å². The number of rotatable bonds is 3. The van der Waals surface area contributed by atoms with Gasteiger partial charge in [0.1, 0.15) is 17.2 Å². The number of halogens is 4. The summed E-state index contributed by atoms with van der Waals surface area (Å²) in [5.41, 5.74) is -0.246. The lowest BCUT2D eigenvalue weighted by Crippen LogP contribution is -2.40. The Labute approximate surface area is 150 Å². The molecule has 0 fully saturated rings. The van der Waals surface area contributed by atoms with Crippen molar-refractivity contribution in [3.05, 3.63) is 52.3 Å². The van der Waals surface area contributed by atoms with Crippen LogP contribution in [0.5, 0.6) is 17.2 Å². The van der Waals surface area contributed by atoms with Crippen molar-refractivity contribution in [1.82, 2.24) is 4.98 Å². The summed E-state index contributed by atoms with van der Waals surface area (Å²) in [4.78, 5) is 15.2. The predicted molar refractivity (Wildman–Crippen MR) is 86.6 cm³/mol. The lowest BCUT2D eigenvalue weighted by molar-refractivity contribution is -0.187. The van der Waals surface area contributed by atoms with Crippen molar-refractivity contribution in [3.8, 4) is 17.2 Å². The summed E-state index contributed by atoms with van der Waals surface area (Å²) >= 11 is 6.12. The second-order valence-corrected chi connectivity index (χ2v) is 5.86. The van der Waals surface area contributed by atoms with Crippen LogP contribution in [0, 0.1) is 6.92 Å². The van der Waals surface area contributed by atoms with Gasteiger partial charge in [-0.05, 0) is 31.2 Å². The maximum atomic E-state index is 13.1. The first kappa shape index (κ1) is 18.1. The molecular weight excluding hydrogens is 375 g/mol. The van der Waals surface area contributed by atoms with E-state index in [0.29, 0.717) is 11.4 Å². The van der Waals surface area contributed by atoms with Crippen molar-refractivity contribution < 1.29 is 32.5 Å². The van der Waals surface area contributed by atoms with Crippen LogP contribution in [-0.4, -0.2) is 28.3 Å². The molecule has 3 rings (SSSR count). The number of carboxylic acid groups (broad SMARTS) is 1. The van der Waals surface area contributed by atoms with Gasteiger partial charge in [0, 0.05) is 17.8 Å². The van der Waals surface area contributed by atoms with Crippen molar-refractivity contribution in [2.45, 2.75) is 19.2 Å². The second kappa shape index (κ2) is 6.53. The minimum atomic E-state index is -4.89. The first-order valence-corrected chi connectivity index (χ1v) is 7.66. The number of nitrogens with zero attached hydrogens (tertiary/aromatic N) is 1. The quantitative estimate of drug-likeness (QED) is 0.834. The van der Waals surface area contributed by atoms with Crippen molar-refractivity contribution in [3.63, 3.8) is 0 Å². The molecule has 5 nitrogen and oxygen atoms in total. The summed E-state index contributed by atoms with van der Waals surface area (Å²) in [5, 5.41) is 9.12. The maximum absolute atomic E-state index is 13.1. The van der Waals surface area contributed by atoms with Gasteiger partial charge in [-0.15, -0.1) is 0 Å². The van der Waals surface area contributed by atoms with E-state index in [0.717, 1.165) is 6.08 Å². The fourth-order valence-corrected chi connectivity index (χ4v) is 2.60. The van der Waals surface area contributed by atoms with Gasteiger partial charge in [-0.2, -0.15) is 13.2 Å². The first-order chi connectivity index (χ1) is 12.2. The minimum Gasteiger partial charge on any atom is -0.478 e. The number of alkyl halides is 3. The molecule has 0 saturated carbocycles. The minimum absolute atomic E-state index is 0.0645. The Bertz CT molecular complexity index is 911. The lowest BCUT2D eigenvalue weighted by atomic mass is 10.0. The van der Waals surface area contributed by atoms with Crippen LogP contribution in [0.1, 0.15) is 11.3 Å². The Morgan fingerprint density at radius 2 is 2.08 bits per heavy atom. The van der Waals surface area contributed by atoms with Gasteiger partial charge in [0.15, 0.2) is 0 Å². The summed E-state index contributed by atoms with van der Waals surface area (Å²) in [6.45, 7) is 1.69. The molecule has 0 spiro atoms. The number of hydrogen-bond donors (Lipinski definition) is 1. The van der Waals surface area contributed by atoms with Crippen LogP contribution in [0.25, 0.3) is 6.08 Å². The highest BCUT2D eigenvalue weighted by Gasteiger charge is 2.48. The molecule has 2 aromatic rings. The number of aliphatic carboxylic acids is 1. The van der Waals surface area contributed by atoms with E-state index in [2.05, 4.69) is 4.98 Å². The first-order valence-electron chi connectivity index (χ1n) is 7.28. The summed E-state index contributed by atoms with van der Waals surface area (Å²) in [6, 6.07) is 5.73. The second-order valence-electron chi connectivity index (χ2n) is 5.45. The van der Waals surface area contributed by atoms with Crippen LogP contribution >= 0.6 is 11.6 Å². The third-order valence-corrected chi connectivity index (χ3v) is 3.92. The van der Waals surface area contributed by atoms with Crippen molar-refractivity contribution in [2.24, 2.45) is 0 Å². The largest absolute Gasteiger partial charge is 0.478 e. The molecule has 1 aliphatic rings. The van der Waals surface area contributed by atoms with Gasteiger partial charge in [0.25, 0.3) is 0 Å². The Kier molecular flexibility index (Phi) is 4.53. The number of pyridine rings is 1. The molecule has 2 heterocycles. The molecule has 1 aromatic heterocycles. The molecule has 1 aliphatic heterocycles. The summed E-state index contributed by atoms with van der Waals surface area (Å²) < 4.78 is 49.9. The average Bonchev–Trinajstić information content (AvgIpc) is 2.55. The zero-order chi connectivity index (χ0) is 19.1. The van der Waals surface area contributed by atoms with Crippen molar-refractivity contribution in [2.75, 3.05) is 0 Å². The van der Waals surface area contributed by atoms with Gasteiger partial charge in [0.2, 0.25) is 6.10 Å².